The molecule has 0 unspecified atom stereocenters. The minimum atomic E-state index is 0.0818. The van der Waals surface area contributed by atoms with E-state index in [9.17, 15) is 4.79 Å². The molecular weight excluding hydrogens is 452 g/mol. The third-order valence-electron chi connectivity index (χ3n) is 7.01. The number of piperidine rings is 1. The highest BCUT2D eigenvalue weighted by Gasteiger charge is 2.44. The summed E-state index contributed by atoms with van der Waals surface area (Å²) in [6, 6.07) is 26.7. The van der Waals surface area contributed by atoms with Crippen molar-refractivity contribution in [3.05, 3.63) is 101 Å². The number of fused-ring (bicyclic) bond motifs is 2. The van der Waals surface area contributed by atoms with Gasteiger partial charge < -0.3 is 9.64 Å². The Kier molecular flexibility index (Phi) is 7.11. The second-order valence-corrected chi connectivity index (χ2v) is 10.6. The van der Waals surface area contributed by atoms with Crippen LogP contribution in [0.5, 0.6) is 5.75 Å². The third-order valence-corrected chi connectivity index (χ3v) is 8.09. The fraction of sp³-hybridized carbons (Fsp3) is 0.333. The Morgan fingerprint density at radius 1 is 0.971 bits per heavy atom. The average Bonchev–Trinajstić information content (AvgIpc) is 3.14. The molecule has 1 amide bonds. The first-order chi connectivity index (χ1) is 17.1. The van der Waals surface area contributed by atoms with Crippen molar-refractivity contribution in [2.75, 3.05) is 0 Å². The van der Waals surface area contributed by atoms with E-state index < -0.39 is 0 Å². The van der Waals surface area contributed by atoms with Crippen molar-refractivity contribution in [2.45, 2.75) is 62.3 Å². The lowest BCUT2D eigenvalue weighted by Gasteiger charge is -2.39. The van der Waals surface area contributed by atoms with Gasteiger partial charge in [-0.15, -0.1) is 0 Å². The predicted molar refractivity (Wildman–Crippen MR) is 140 cm³/mol. The maximum absolute atomic E-state index is 13.4. The second kappa shape index (κ2) is 10.6. The third kappa shape index (κ3) is 5.55. The molecule has 2 bridgehead atoms. The van der Waals surface area contributed by atoms with E-state index in [0.717, 1.165) is 48.5 Å². The van der Waals surface area contributed by atoms with Crippen LogP contribution in [0.1, 0.15) is 58.3 Å². The minimum absolute atomic E-state index is 0.0818. The number of hydrogen-bond acceptors (Lipinski definition) is 4. The van der Waals surface area contributed by atoms with E-state index >= 15 is 0 Å². The van der Waals surface area contributed by atoms with Gasteiger partial charge in [-0.1, -0.05) is 48.0 Å². The summed E-state index contributed by atoms with van der Waals surface area (Å²) >= 11 is 1.90. The van der Waals surface area contributed by atoms with E-state index in [1.807, 2.05) is 36.0 Å². The largest absolute Gasteiger partial charge is 0.490 e. The Morgan fingerprint density at radius 3 is 2.40 bits per heavy atom. The molecule has 2 saturated heterocycles. The maximum Gasteiger partial charge on any atom is 0.254 e. The van der Waals surface area contributed by atoms with Crippen LogP contribution in [-0.4, -0.2) is 29.0 Å². The highest BCUT2D eigenvalue weighted by atomic mass is 32.2. The summed E-state index contributed by atoms with van der Waals surface area (Å²) in [6.45, 7) is 2.13. The van der Waals surface area contributed by atoms with Gasteiger partial charge in [0.05, 0.1) is 11.6 Å². The number of nitrogens with zero attached hydrogens (tertiary/aromatic N) is 2. The van der Waals surface area contributed by atoms with Crippen LogP contribution >= 0.6 is 11.8 Å². The Morgan fingerprint density at radius 2 is 1.69 bits per heavy atom. The molecule has 2 atom stereocenters. The molecule has 178 valence electrons. The van der Waals surface area contributed by atoms with Gasteiger partial charge in [0.2, 0.25) is 0 Å². The summed E-state index contributed by atoms with van der Waals surface area (Å²) in [5.74, 6) is 2.80. The highest BCUT2D eigenvalue weighted by Crippen LogP contribution is 2.38. The monoisotopic (exact) mass is 482 g/mol. The molecule has 2 heterocycles. The molecule has 35 heavy (non-hydrogen) atoms. The molecule has 5 heteroatoms. The van der Waals surface area contributed by atoms with Crippen molar-refractivity contribution in [3.8, 4) is 11.8 Å². The quantitative estimate of drug-likeness (QED) is 0.385. The van der Waals surface area contributed by atoms with E-state index in [1.165, 1.54) is 16.7 Å². The molecule has 0 N–H and O–H groups in total. The first-order valence-electron chi connectivity index (χ1n) is 12.3. The molecule has 5 rings (SSSR count). The van der Waals surface area contributed by atoms with Crippen molar-refractivity contribution in [3.63, 3.8) is 0 Å². The SMILES string of the molecule is Cc1cccc(CSCc2ccc(C(=O)N3[C@H]4CC[C@H]3CC(Oc3cccc(C#N)c3)C4)cc2)c1. The van der Waals surface area contributed by atoms with Crippen LogP contribution in [0, 0.1) is 18.3 Å². The summed E-state index contributed by atoms with van der Waals surface area (Å²) in [7, 11) is 0. The first kappa shape index (κ1) is 23.5. The van der Waals surface area contributed by atoms with Gasteiger partial charge >= 0.3 is 0 Å². The van der Waals surface area contributed by atoms with Crippen LogP contribution in [0.2, 0.25) is 0 Å². The molecule has 2 fully saturated rings. The number of hydrogen-bond donors (Lipinski definition) is 0. The van der Waals surface area contributed by atoms with Crippen molar-refractivity contribution in [1.29, 1.82) is 5.26 Å². The number of aryl methyl sites for hydroxylation is 1. The fourth-order valence-corrected chi connectivity index (χ4v) is 6.31. The molecule has 0 aliphatic carbocycles. The predicted octanol–water partition coefficient (Wildman–Crippen LogP) is 6.51. The summed E-state index contributed by atoms with van der Waals surface area (Å²) in [4.78, 5) is 15.5. The van der Waals surface area contributed by atoms with Crippen molar-refractivity contribution in [2.24, 2.45) is 0 Å². The number of ether oxygens (including phenoxy) is 1. The van der Waals surface area contributed by atoms with Crippen molar-refractivity contribution < 1.29 is 9.53 Å². The zero-order chi connectivity index (χ0) is 24.2. The molecule has 0 aromatic heterocycles. The van der Waals surface area contributed by atoms with E-state index in [0.29, 0.717) is 5.56 Å². The highest BCUT2D eigenvalue weighted by molar-refractivity contribution is 7.97. The standard InChI is InChI=1S/C30H30N2O2S/c1-21-4-2-6-24(14-21)20-35-19-22-8-10-25(11-9-22)30(33)32-26-12-13-27(32)17-29(16-26)34-28-7-3-5-23(15-28)18-31/h2-11,14-15,26-27,29H,12-13,16-17,19-20H2,1H3/t26-,27-/m0/s1. The van der Waals surface area contributed by atoms with Crippen LogP contribution in [-0.2, 0) is 11.5 Å². The summed E-state index contributed by atoms with van der Waals surface area (Å²) in [5, 5.41) is 9.13. The van der Waals surface area contributed by atoms with Gasteiger partial charge in [0.1, 0.15) is 11.9 Å². The molecule has 0 saturated carbocycles. The number of carbonyl (C=O) groups excluding carboxylic acids is 1. The van der Waals surface area contributed by atoms with Crippen LogP contribution < -0.4 is 4.74 Å². The van der Waals surface area contributed by atoms with E-state index in [1.54, 1.807) is 12.1 Å². The molecule has 0 radical (unpaired) electrons. The summed E-state index contributed by atoms with van der Waals surface area (Å²) < 4.78 is 6.21. The fourth-order valence-electron chi connectivity index (χ4n) is 5.37. The van der Waals surface area contributed by atoms with Crippen LogP contribution in [0.25, 0.3) is 0 Å². The van der Waals surface area contributed by atoms with Gasteiger partial charge in [-0.3, -0.25) is 4.79 Å². The first-order valence-corrected chi connectivity index (χ1v) is 13.5. The maximum atomic E-state index is 13.4. The van der Waals surface area contributed by atoms with Crippen molar-refractivity contribution >= 4 is 17.7 Å². The number of amides is 1. The van der Waals surface area contributed by atoms with Crippen molar-refractivity contribution in [1.82, 2.24) is 4.90 Å². The zero-order valence-electron chi connectivity index (χ0n) is 20.0. The molecular formula is C30H30N2O2S. The van der Waals surface area contributed by atoms with Gasteiger partial charge in [0.25, 0.3) is 5.91 Å². The van der Waals surface area contributed by atoms with Gasteiger partial charge in [0.15, 0.2) is 0 Å². The molecule has 2 aliphatic heterocycles. The van der Waals surface area contributed by atoms with Crippen LogP contribution in [0.4, 0.5) is 0 Å². The lowest BCUT2D eigenvalue weighted by molar-refractivity contribution is 0.0359. The Balaban J connectivity index is 1.16. The number of rotatable bonds is 7. The Hall–Kier alpha value is -3.23. The molecule has 2 aliphatic rings. The minimum Gasteiger partial charge on any atom is -0.490 e. The van der Waals surface area contributed by atoms with Gasteiger partial charge in [0, 0.05) is 42.0 Å². The number of nitriles is 1. The van der Waals surface area contributed by atoms with Crippen LogP contribution in [0.3, 0.4) is 0 Å². The molecule has 0 spiro atoms. The number of carbonyl (C=O) groups is 1. The summed E-state index contributed by atoms with van der Waals surface area (Å²) in [6.07, 6.45) is 3.82. The lowest BCUT2D eigenvalue weighted by atomic mass is 9.98. The smallest absolute Gasteiger partial charge is 0.254 e. The molecule has 3 aromatic carbocycles. The van der Waals surface area contributed by atoms with Gasteiger partial charge in [-0.05, 0) is 61.2 Å². The van der Waals surface area contributed by atoms with Gasteiger partial charge in [-0.2, -0.15) is 17.0 Å². The van der Waals surface area contributed by atoms with Gasteiger partial charge in [-0.25, -0.2) is 0 Å². The number of thioether (sulfide) groups is 1. The summed E-state index contributed by atoms with van der Waals surface area (Å²) in [5.41, 5.74) is 5.27. The van der Waals surface area contributed by atoms with E-state index in [2.05, 4.69) is 54.3 Å². The van der Waals surface area contributed by atoms with Crippen LogP contribution in [0.15, 0.2) is 72.8 Å². The number of benzene rings is 3. The normalized spacial score (nSPS) is 20.9. The zero-order valence-corrected chi connectivity index (χ0v) is 20.8. The topological polar surface area (TPSA) is 53.3 Å². The van der Waals surface area contributed by atoms with E-state index in [-0.39, 0.29) is 24.1 Å². The Labute approximate surface area is 211 Å². The molecule has 3 aromatic rings. The average molecular weight is 483 g/mol. The Bertz CT molecular complexity index is 1220. The van der Waals surface area contributed by atoms with E-state index in [4.69, 9.17) is 10.00 Å². The molecule has 4 nitrogen and oxygen atoms in total. The second-order valence-electron chi connectivity index (χ2n) is 9.63. The lowest BCUT2D eigenvalue weighted by Crippen LogP contribution is -2.49.